The van der Waals surface area contributed by atoms with Crippen LogP contribution < -0.4 is 9.05 Å². The SMILES string of the molecule is c1ccc(C2CCCC2)c(OPOc2ccccc2C2CCCC2)c1. The number of para-hydroxylation sites is 2. The normalized spacial score (nSPS) is 18.6. The summed E-state index contributed by atoms with van der Waals surface area (Å²) in [5.41, 5.74) is 2.72. The molecule has 25 heavy (non-hydrogen) atoms. The Hall–Kier alpha value is -1.53. The smallest absolute Gasteiger partial charge is 0.275 e. The predicted octanol–water partition coefficient (Wildman–Crippen LogP) is 6.97. The van der Waals surface area contributed by atoms with Crippen molar-refractivity contribution in [2.45, 2.75) is 63.2 Å². The summed E-state index contributed by atoms with van der Waals surface area (Å²) in [4.78, 5) is 0. The first-order chi connectivity index (χ1) is 12.4. The monoisotopic (exact) mass is 354 g/mol. The van der Waals surface area contributed by atoms with Crippen LogP contribution >= 0.6 is 9.03 Å². The fourth-order valence-electron chi connectivity index (χ4n) is 4.41. The van der Waals surface area contributed by atoms with E-state index >= 15 is 0 Å². The molecular formula is C22H27O2P. The van der Waals surface area contributed by atoms with Gasteiger partial charge in [0.25, 0.3) is 9.03 Å². The van der Waals surface area contributed by atoms with E-state index in [1.54, 1.807) is 0 Å². The highest BCUT2D eigenvalue weighted by atomic mass is 31.1. The lowest BCUT2D eigenvalue weighted by Crippen LogP contribution is -1.98. The van der Waals surface area contributed by atoms with E-state index in [2.05, 4.69) is 48.5 Å². The van der Waals surface area contributed by atoms with Crippen molar-refractivity contribution in [2.24, 2.45) is 0 Å². The minimum absolute atomic E-state index is 0.0118. The summed E-state index contributed by atoms with van der Waals surface area (Å²) < 4.78 is 12.2. The minimum atomic E-state index is 0.0118. The molecule has 0 bridgehead atoms. The molecule has 0 unspecified atom stereocenters. The maximum Gasteiger partial charge on any atom is 0.275 e. The minimum Gasteiger partial charge on any atom is -0.440 e. The molecule has 0 saturated heterocycles. The van der Waals surface area contributed by atoms with Crippen molar-refractivity contribution in [3.8, 4) is 11.5 Å². The Morgan fingerprint density at radius 1 is 0.600 bits per heavy atom. The van der Waals surface area contributed by atoms with E-state index in [0.29, 0.717) is 11.8 Å². The first-order valence-electron chi connectivity index (χ1n) is 9.68. The second-order valence-electron chi connectivity index (χ2n) is 7.33. The lowest BCUT2D eigenvalue weighted by atomic mass is 9.97. The largest absolute Gasteiger partial charge is 0.440 e. The molecule has 2 aliphatic carbocycles. The van der Waals surface area contributed by atoms with Crippen LogP contribution in [-0.2, 0) is 0 Å². The van der Waals surface area contributed by atoms with Gasteiger partial charge >= 0.3 is 0 Å². The van der Waals surface area contributed by atoms with Gasteiger partial charge in [0.05, 0.1) is 0 Å². The summed E-state index contributed by atoms with van der Waals surface area (Å²) in [6, 6.07) is 17.0. The van der Waals surface area contributed by atoms with Gasteiger partial charge in [-0.1, -0.05) is 62.1 Å². The van der Waals surface area contributed by atoms with Gasteiger partial charge in [0.1, 0.15) is 11.5 Å². The van der Waals surface area contributed by atoms with Gasteiger partial charge in [-0.25, -0.2) is 0 Å². The Kier molecular flexibility index (Phi) is 5.57. The van der Waals surface area contributed by atoms with Gasteiger partial charge in [0, 0.05) is 0 Å². The van der Waals surface area contributed by atoms with Crippen molar-refractivity contribution in [1.29, 1.82) is 0 Å². The number of hydrogen-bond acceptors (Lipinski definition) is 2. The van der Waals surface area contributed by atoms with Gasteiger partial charge in [0.2, 0.25) is 0 Å². The third-order valence-corrected chi connectivity index (χ3v) is 6.34. The number of benzene rings is 2. The zero-order valence-corrected chi connectivity index (χ0v) is 15.7. The molecule has 4 rings (SSSR count). The molecule has 0 heterocycles. The third-order valence-electron chi connectivity index (χ3n) is 5.73. The fourth-order valence-corrected chi connectivity index (χ4v) is 5.00. The van der Waals surface area contributed by atoms with Gasteiger partial charge < -0.3 is 9.05 Å². The second-order valence-corrected chi connectivity index (χ2v) is 7.90. The molecule has 2 nitrogen and oxygen atoms in total. The average molecular weight is 354 g/mol. The highest BCUT2D eigenvalue weighted by Crippen LogP contribution is 2.42. The molecule has 0 radical (unpaired) electrons. The Morgan fingerprint density at radius 2 is 1.00 bits per heavy atom. The van der Waals surface area contributed by atoms with Crippen LogP contribution in [0.15, 0.2) is 48.5 Å². The van der Waals surface area contributed by atoms with Crippen molar-refractivity contribution < 1.29 is 9.05 Å². The Labute approximate surface area is 152 Å². The highest BCUT2D eigenvalue weighted by molar-refractivity contribution is 7.27. The first kappa shape index (κ1) is 16.9. The van der Waals surface area contributed by atoms with Crippen molar-refractivity contribution in [3.63, 3.8) is 0 Å². The van der Waals surface area contributed by atoms with Crippen LogP contribution in [0, 0.1) is 0 Å². The molecule has 2 fully saturated rings. The Bertz CT molecular complexity index is 628. The Morgan fingerprint density at radius 3 is 1.44 bits per heavy atom. The quantitative estimate of drug-likeness (QED) is 0.522. The third kappa shape index (κ3) is 4.01. The van der Waals surface area contributed by atoms with Crippen molar-refractivity contribution in [3.05, 3.63) is 59.7 Å². The van der Waals surface area contributed by atoms with Gasteiger partial charge in [-0.15, -0.1) is 0 Å². The van der Waals surface area contributed by atoms with Crippen LogP contribution in [0.4, 0.5) is 0 Å². The molecule has 2 saturated carbocycles. The summed E-state index contributed by atoms with van der Waals surface area (Å²) in [5, 5.41) is 0. The maximum absolute atomic E-state index is 6.08. The summed E-state index contributed by atoms with van der Waals surface area (Å²) >= 11 is 0. The van der Waals surface area contributed by atoms with E-state index in [1.165, 1.54) is 62.5 Å². The van der Waals surface area contributed by atoms with Crippen LogP contribution in [0.25, 0.3) is 0 Å². The van der Waals surface area contributed by atoms with E-state index in [0.717, 1.165) is 11.5 Å². The first-order valence-corrected chi connectivity index (χ1v) is 10.5. The molecular weight excluding hydrogens is 327 g/mol. The molecule has 2 aromatic rings. The molecule has 0 N–H and O–H groups in total. The summed E-state index contributed by atoms with van der Waals surface area (Å²) in [5.74, 6) is 3.33. The standard InChI is InChI=1S/C22H27O2P/c1-2-10-17(9-1)19-13-5-7-15-21(19)23-25-24-22-16-8-6-14-20(22)18-11-3-4-12-18/h5-8,13-18,25H,1-4,9-12H2. The van der Waals surface area contributed by atoms with Gasteiger partial charge in [-0.2, -0.15) is 0 Å². The van der Waals surface area contributed by atoms with Crippen LogP contribution in [0.3, 0.4) is 0 Å². The molecule has 2 aromatic carbocycles. The lowest BCUT2D eigenvalue weighted by Gasteiger charge is -2.18. The molecule has 2 aliphatic rings. The molecule has 0 atom stereocenters. The topological polar surface area (TPSA) is 18.5 Å². The van der Waals surface area contributed by atoms with Gasteiger partial charge in [0.15, 0.2) is 0 Å². The molecule has 0 aliphatic heterocycles. The molecule has 0 amide bonds. The zero-order valence-electron chi connectivity index (χ0n) is 14.7. The number of hydrogen-bond donors (Lipinski definition) is 0. The van der Waals surface area contributed by atoms with Crippen LogP contribution in [0.5, 0.6) is 11.5 Å². The van der Waals surface area contributed by atoms with Gasteiger partial charge in [-0.05, 0) is 60.8 Å². The molecule has 132 valence electrons. The average Bonchev–Trinajstić information content (AvgIpc) is 3.37. The van der Waals surface area contributed by atoms with E-state index in [-0.39, 0.29) is 9.03 Å². The maximum atomic E-state index is 6.08. The van der Waals surface area contributed by atoms with E-state index < -0.39 is 0 Å². The summed E-state index contributed by atoms with van der Waals surface area (Å²) in [6.07, 6.45) is 10.5. The Balaban J connectivity index is 1.42. The molecule has 0 aromatic heterocycles. The zero-order chi connectivity index (χ0) is 16.9. The molecule has 3 heteroatoms. The van der Waals surface area contributed by atoms with Crippen LogP contribution in [0.2, 0.25) is 0 Å². The van der Waals surface area contributed by atoms with Crippen molar-refractivity contribution >= 4 is 9.03 Å². The fraction of sp³-hybridized carbons (Fsp3) is 0.455. The lowest BCUT2D eigenvalue weighted by molar-refractivity contribution is 0.499. The van der Waals surface area contributed by atoms with Crippen LogP contribution in [0.1, 0.15) is 74.3 Å². The predicted molar refractivity (Wildman–Crippen MR) is 105 cm³/mol. The number of rotatable bonds is 6. The molecule has 0 spiro atoms. The van der Waals surface area contributed by atoms with Crippen molar-refractivity contribution in [2.75, 3.05) is 0 Å². The second kappa shape index (κ2) is 8.23. The van der Waals surface area contributed by atoms with Gasteiger partial charge in [-0.3, -0.25) is 0 Å². The van der Waals surface area contributed by atoms with E-state index in [4.69, 9.17) is 9.05 Å². The van der Waals surface area contributed by atoms with Crippen LogP contribution in [-0.4, -0.2) is 0 Å². The van der Waals surface area contributed by atoms with Crippen molar-refractivity contribution in [1.82, 2.24) is 0 Å². The van der Waals surface area contributed by atoms with E-state index in [1.807, 2.05) is 0 Å². The summed E-state index contributed by atoms with van der Waals surface area (Å²) in [6.45, 7) is 0. The highest BCUT2D eigenvalue weighted by Gasteiger charge is 2.22. The van der Waals surface area contributed by atoms with E-state index in [9.17, 15) is 0 Å². The summed E-state index contributed by atoms with van der Waals surface area (Å²) in [7, 11) is 0.0118.